The van der Waals surface area contributed by atoms with Gasteiger partial charge in [-0.3, -0.25) is 0 Å². The number of rotatable bonds is 3. The molecule has 2 aromatic heterocycles. The Balaban J connectivity index is 2.03. The van der Waals surface area contributed by atoms with Gasteiger partial charge in [0.1, 0.15) is 0 Å². The Morgan fingerprint density at radius 2 is 2.10 bits per heavy atom. The smallest absolute Gasteiger partial charge is 0.331 e. The molecule has 2 aromatic rings. The van der Waals surface area contributed by atoms with Crippen LogP contribution in [0.15, 0.2) is 6.07 Å². The minimum atomic E-state index is -1.17. The standard InChI is InChI=1S/C14H18N4O2S/c1-14(2,13(19)20)18-12(15-16-17-18)11-8-9-6-4-3-5-7-10(9)21-11/h8H,3-7H2,1-2H3,(H,19,20). The zero-order chi connectivity index (χ0) is 15.0. The number of carboxylic acid groups (broad SMARTS) is 1. The van der Waals surface area contributed by atoms with E-state index in [0.717, 1.165) is 17.7 Å². The van der Waals surface area contributed by atoms with Gasteiger partial charge in [-0.1, -0.05) is 6.42 Å². The summed E-state index contributed by atoms with van der Waals surface area (Å²) >= 11 is 1.69. The third-order valence-corrected chi connectivity index (χ3v) is 5.22. The summed E-state index contributed by atoms with van der Waals surface area (Å²) in [6, 6.07) is 2.13. The average molecular weight is 306 g/mol. The van der Waals surface area contributed by atoms with Gasteiger partial charge in [-0.25, -0.2) is 9.48 Å². The molecule has 0 radical (unpaired) electrons. The molecule has 0 fully saturated rings. The molecule has 0 aliphatic heterocycles. The molecule has 3 rings (SSSR count). The molecular weight excluding hydrogens is 288 g/mol. The fourth-order valence-electron chi connectivity index (χ4n) is 2.59. The summed E-state index contributed by atoms with van der Waals surface area (Å²) in [5.74, 6) is -0.408. The van der Waals surface area contributed by atoms with E-state index in [4.69, 9.17) is 0 Å². The summed E-state index contributed by atoms with van der Waals surface area (Å²) in [4.78, 5) is 13.8. The van der Waals surface area contributed by atoms with Gasteiger partial charge >= 0.3 is 5.97 Å². The first-order valence-corrected chi connectivity index (χ1v) is 7.96. The van der Waals surface area contributed by atoms with E-state index in [-0.39, 0.29) is 0 Å². The number of aliphatic carboxylic acids is 1. The van der Waals surface area contributed by atoms with E-state index in [1.807, 2.05) is 0 Å². The number of fused-ring (bicyclic) bond motifs is 1. The molecule has 1 N–H and O–H groups in total. The van der Waals surface area contributed by atoms with Gasteiger partial charge in [0.15, 0.2) is 11.4 Å². The number of thiophene rings is 1. The van der Waals surface area contributed by atoms with Crippen LogP contribution in [0.5, 0.6) is 0 Å². The maximum atomic E-state index is 11.4. The van der Waals surface area contributed by atoms with Gasteiger partial charge < -0.3 is 5.11 Å². The number of tetrazole rings is 1. The van der Waals surface area contributed by atoms with Gasteiger partial charge in [0.05, 0.1) is 4.88 Å². The van der Waals surface area contributed by atoms with E-state index in [1.165, 1.54) is 34.4 Å². The Labute approximate surface area is 126 Å². The van der Waals surface area contributed by atoms with Crippen molar-refractivity contribution in [3.63, 3.8) is 0 Å². The van der Waals surface area contributed by atoms with Crippen LogP contribution in [-0.4, -0.2) is 31.3 Å². The summed E-state index contributed by atoms with van der Waals surface area (Å²) in [7, 11) is 0. The van der Waals surface area contributed by atoms with Crippen molar-refractivity contribution >= 4 is 17.3 Å². The van der Waals surface area contributed by atoms with Crippen LogP contribution < -0.4 is 0 Å². The van der Waals surface area contributed by atoms with Crippen molar-refractivity contribution in [2.75, 3.05) is 0 Å². The molecule has 0 aromatic carbocycles. The lowest BCUT2D eigenvalue weighted by Crippen LogP contribution is -2.37. The third-order valence-electron chi connectivity index (χ3n) is 3.99. The molecule has 112 valence electrons. The van der Waals surface area contributed by atoms with Crippen molar-refractivity contribution in [1.29, 1.82) is 0 Å². The fourth-order valence-corrected chi connectivity index (χ4v) is 3.81. The number of aryl methyl sites for hydroxylation is 2. The average Bonchev–Trinajstić information content (AvgIpc) is 3.01. The molecule has 1 aliphatic carbocycles. The first-order valence-electron chi connectivity index (χ1n) is 7.14. The molecule has 6 nitrogen and oxygen atoms in total. The minimum absolute atomic E-state index is 0.542. The molecule has 0 unspecified atom stereocenters. The van der Waals surface area contributed by atoms with Crippen molar-refractivity contribution < 1.29 is 9.90 Å². The molecule has 0 saturated carbocycles. The maximum absolute atomic E-state index is 11.4. The van der Waals surface area contributed by atoms with E-state index in [1.54, 1.807) is 25.2 Å². The maximum Gasteiger partial charge on any atom is 0.331 e. The predicted octanol–water partition coefficient (Wildman–Crippen LogP) is 2.49. The van der Waals surface area contributed by atoms with E-state index >= 15 is 0 Å². The highest BCUT2D eigenvalue weighted by atomic mass is 32.1. The first-order chi connectivity index (χ1) is 10.00. The van der Waals surface area contributed by atoms with Crippen LogP contribution >= 0.6 is 11.3 Å². The van der Waals surface area contributed by atoms with Crippen LogP contribution in [-0.2, 0) is 23.2 Å². The summed E-state index contributed by atoms with van der Waals surface area (Å²) in [6.07, 6.45) is 5.91. The zero-order valence-corrected chi connectivity index (χ0v) is 13.0. The van der Waals surface area contributed by atoms with Crippen LogP contribution in [0.2, 0.25) is 0 Å². The lowest BCUT2D eigenvalue weighted by Gasteiger charge is -2.19. The van der Waals surface area contributed by atoms with E-state index < -0.39 is 11.5 Å². The molecule has 7 heteroatoms. The zero-order valence-electron chi connectivity index (χ0n) is 12.2. The van der Waals surface area contributed by atoms with Gasteiger partial charge in [-0.15, -0.1) is 16.4 Å². The SMILES string of the molecule is CC(C)(C(=O)O)n1nnnc1-c1cc2c(s1)CCCCC2. The number of aromatic nitrogens is 4. The second kappa shape index (κ2) is 5.22. The van der Waals surface area contributed by atoms with Crippen LogP contribution in [0.4, 0.5) is 0 Å². The monoisotopic (exact) mass is 306 g/mol. The number of hydrogen-bond acceptors (Lipinski definition) is 5. The van der Waals surface area contributed by atoms with E-state index in [2.05, 4.69) is 21.6 Å². The lowest BCUT2D eigenvalue weighted by molar-refractivity contribution is -0.146. The Kier molecular flexibility index (Phi) is 3.52. The van der Waals surface area contributed by atoms with Crippen LogP contribution in [0, 0.1) is 0 Å². The van der Waals surface area contributed by atoms with Crippen LogP contribution in [0.1, 0.15) is 43.6 Å². The molecule has 1 aliphatic rings. The van der Waals surface area contributed by atoms with Crippen molar-refractivity contribution in [2.45, 2.75) is 51.5 Å². The van der Waals surface area contributed by atoms with Crippen LogP contribution in [0.25, 0.3) is 10.7 Å². The van der Waals surface area contributed by atoms with Gasteiger partial charge in [0.25, 0.3) is 0 Å². The molecule has 0 amide bonds. The number of nitrogens with zero attached hydrogens (tertiary/aromatic N) is 4. The summed E-state index contributed by atoms with van der Waals surface area (Å²) in [5.41, 5.74) is 0.204. The number of carbonyl (C=O) groups is 1. The number of carboxylic acids is 1. The second-order valence-electron chi connectivity index (χ2n) is 5.90. The third kappa shape index (κ3) is 2.46. The van der Waals surface area contributed by atoms with Crippen molar-refractivity contribution in [2.24, 2.45) is 0 Å². The normalized spacial score (nSPS) is 15.5. The molecule has 0 saturated heterocycles. The molecule has 0 bridgehead atoms. The van der Waals surface area contributed by atoms with Crippen molar-refractivity contribution in [3.05, 3.63) is 16.5 Å². The van der Waals surface area contributed by atoms with Crippen LogP contribution in [0.3, 0.4) is 0 Å². The Hall–Kier alpha value is -1.76. The first kappa shape index (κ1) is 14.2. The van der Waals surface area contributed by atoms with Gasteiger partial charge in [0.2, 0.25) is 0 Å². The summed E-state index contributed by atoms with van der Waals surface area (Å²) < 4.78 is 1.40. The quantitative estimate of drug-likeness (QED) is 0.881. The summed E-state index contributed by atoms with van der Waals surface area (Å²) in [6.45, 7) is 3.21. The highest BCUT2D eigenvalue weighted by Crippen LogP contribution is 2.35. The minimum Gasteiger partial charge on any atom is -0.479 e. The molecule has 21 heavy (non-hydrogen) atoms. The van der Waals surface area contributed by atoms with E-state index in [9.17, 15) is 9.90 Å². The molecule has 0 atom stereocenters. The molecule has 0 spiro atoms. The molecular formula is C14H18N4O2S. The van der Waals surface area contributed by atoms with Crippen molar-refractivity contribution in [1.82, 2.24) is 20.2 Å². The largest absolute Gasteiger partial charge is 0.479 e. The van der Waals surface area contributed by atoms with E-state index in [0.29, 0.717) is 5.82 Å². The van der Waals surface area contributed by atoms with Gasteiger partial charge in [0, 0.05) is 4.88 Å². The fraction of sp³-hybridized carbons (Fsp3) is 0.571. The Morgan fingerprint density at radius 3 is 2.86 bits per heavy atom. The number of hydrogen-bond donors (Lipinski definition) is 1. The van der Waals surface area contributed by atoms with Gasteiger partial charge in [-0.2, -0.15) is 0 Å². The molecule has 2 heterocycles. The Morgan fingerprint density at radius 1 is 1.33 bits per heavy atom. The topological polar surface area (TPSA) is 80.9 Å². The van der Waals surface area contributed by atoms with Crippen molar-refractivity contribution in [3.8, 4) is 10.7 Å². The Bertz CT molecular complexity index is 651. The van der Waals surface area contributed by atoms with Gasteiger partial charge in [-0.05, 0) is 61.6 Å². The predicted molar refractivity (Wildman–Crippen MR) is 79.3 cm³/mol. The second-order valence-corrected chi connectivity index (χ2v) is 7.03. The summed E-state index contributed by atoms with van der Waals surface area (Å²) in [5, 5.41) is 21.0. The highest BCUT2D eigenvalue weighted by Gasteiger charge is 2.34. The lowest BCUT2D eigenvalue weighted by atomic mass is 10.1. The highest BCUT2D eigenvalue weighted by molar-refractivity contribution is 7.15.